The molecule has 1 aromatic heterocycles. The van der Waals surface area contributed by atoms with Gasteiger partial charge < -0.3 is 19.3 Å². The molecular weight excluding hydrogens is 380 g/mol. The molecule has 3 heterocycles. The summed E-state index contributed by atoms with van der Waals surface area (Å²) in [6.45, 7) is 3.98. The molecule has 30 heavy (non-hydrogen) atoms. The second-order valence-corrected chi connectivity index (χ2v) is 7.34. The number of rotatable bonds is 4. The van der Waals surface area contributed by atoms with Crippen molar-refractivity contribution in [2.75, 3.05) is 31.2 Å². The summed E-state index contributed by atoms with van der Waals surface area (Å²) in [7, 11) is 0. The highest BCUT2D eigenvalue weighted by atomic mass is 16.5. The number of aromatic nitrogens is 2. The van der Waals surface area contributed by atoms with E-state index in [0.29, 0.717) is 43.6 Å². The van der Waals surface area contributed by atoms with Crippen molar-refractivity contribution in [3.63, 3.8) is 0 Å². The number of carbonyl (C=O) groups excluding carboxylic acids is 1. The van der Waals surface area contributed by atoms with E-state index in [2.05, 4.69) is 9.88 Å². The summed E-state index contributed by atoms with van der Waals surface area (Å²) in [5.41, 5.74) is 2.55. The summed E-state index contributed by atoms with van der Waals surface area (Å²) < 4.78 is 11.2. The van der Waals surface area contributed by atoms with E-state index in [9.17, 15) is 4.79 Å². The first-order chi connectivity index (χ1) is 14.8. The summed E-state index contributed by atoms with van der Waals surface area (Å²) in [4.78, 5) is 26.1. The van der Waals surface area contributed by atoms with Gasteiger partial charge in [-0.25, -0.2) is 9.97 Å². The lowest BCUT2D eigenvalue weighted by atomic mass is 10.2. The van der Waals surface area contributed by atoms with E-state index < -0.39 is 0 Å². The molecule has 7 heteroatoms. The van der Waals surface area contributed by atoms with Crippen molar-refractivity contribution in [3.05, 3.63) is 77.6 Å². The largest absolute Gasteiger partial charge is 0.457 e. The van der Waals surface area contributed by atoms with Crippen LogP contribution >= 0.6 is 0 Å². The van der Waals surface area contributed by atoms with Gasteiger partial charge in [0.2, 0.25) is 5.95 Å². The molecule has 0 bridgehead atoms. The summed E-state index contributed by atoms with van der Waals surface area (Å²) in [5, 5.41) is 0. The molecule has 5 rings (SSSR count). The van der Waals surface area contributed by atoms with Crippen LogP contribution in [0, 0.1) is 0 Å². The standard InChI is InChI=1S/C23H22N4O3/c28-22(17-6-8-20(9-7-17)30-19-4-2-1-3-5-19)27-15-18-14-24-23(25-21(18)16-27)26-10-12-29-13-11-26/h1-9,14H,10-13,15-16H2. The van der Waals surface area contributed by atoms with Gasteiger partial charge in [-0.2, -0.15) is 0 Å². The van der Waals surface area contributed by atoms with Crippen molar-refractivity contribution in [2.45, 2.75) is 13.1 Å². The number of carbonyl (C=O) groups is 1. The molecule has 7 nitrogen and oxygen atoms in total. The molecule has 0 spiro atoms. The number of amides is 1. The third-order valence-corrected chi connectivity index (χ3v) is 5.30. The van der Waals surface area contributed by atoms with Gasteiger partial charge in [-0.1, -0.05) is 18.2 Å². The van der Waals surface area contributed by atoms with Crippen molar-refractivity contribution >= 4 is 11.9 Å². The van der Waals surface area contributed by atoms with E-state index in [1.54, 1.807) is 17.0 Å². The quantitative estimate of drug-likeness (QED) is 0.667. The molecule has 152 valence electrons. The van der Waals surface area contributed by atoms with Gasteiger partial charge in [-0.3, -0.25) is 4.79 Å². The van der Waals surface area contributed by atoms with Gasteiger partial charge in [0.05, 0.1) is 25.5 Å². The lowest BCUT2D eigenvalue weighted by Crippen LogP contribution is -2.37. The highest BCUT2D eigenvalue weighted by Crippen LogP contribution is 2.26. The number of morpholine rings is 1. The number of nitrogens with zero attached hydrogens (tertiary/aromatic N) is 4. The number of ether oxygens (including phenoxy) is 2. The molecule has 1 amide bonds. The van der Waals surface area contributed by atoms with Crippen LogP contribution in [-0.4, -0.2) is 47.1 Å². The predicted octanol–water partition coefficient (Wildman–Crippen LogP) is 3.26. The van der Waals surface area contributed by atoms with Crippen LogP contribution < -0.4 is 9.64 Å². The Labute approximate surface area is 174 Å². The van der Waals surface area contributed by atoms with Crippen LogP contribution in [0.4, 0.5) is 5.95 Å². The lowest BCUT2D eigenvalue weighted by molar-refractivity contribution is 0.0750. The fraction of sp³-hybridized carbons (Fsp3) is 0.261. The zero-order valence-corrected chi connectivity index (χ0v) is 16.5. The van der Waals surface area contributed by atoms with Crippen LogP contribution in [0.1, 0.15) is 21.6 Å². The Morgan fingerprint density at radius 3 is 2.43 bits per heavy atom. The Bertz CT molecular complexity index is 1030. The molecule has 3 aromatic rings. The highest BCUT2D eigenvalue weighted by Gasteiger charge is 2.27. The zero-order chi connectivity index (χ0) is 20.3. The number of fused-ring (bicyclic) bond motifs is 1. The summed E-state index contributed by atoms with van der Waals surface area (Å²) in [6.07, 6.45) is 1.84. The Kier molecular flexibility index (Phi) is 5.03. The van der Waals surface area contributed by atoms with Gasteiger partial charge in [0, 0.05) is 37.0 Å². The van der Waals surface area contributed by atoms with Gasteiger partial charge in [0.25, 0.3) is 5.91 Å². The van der Waals surface area contributed by atoms with Gasteiger partial charge in [0.1, 0.15) is 11.5 Å². The molecule has 2 aromatic carbocycles. The molecule has 0 unspecified atom stereocenters. The average molecular weight is 402 g/mol. The fourth-order valence-electron chi connectivity index (χ4n) is 3.67. The number of hydrogen-bond acceptors (Lipinski definition) is 6. The van der Waals surface area contributed by atoms with Gasteiger partial charge in [-0.05, 0) is 36.4 Å². The smallest absolute Gasteiger partial charge is 0.254 e. The average Bonchev–Trinajstić information content (AvgIpc) is 3.24. The van der Waals surface area contributed by atoms with E-state index in [4.69, 9.17) is 14.5 Å². The molecule has 0 aliphatic carbocycles. The molecule has 2 aliphatic rings. The predicted molar refractivity (Wildman–Crippen MR) is 112 cm³/mol. The van der Waals surface area contributed by atoms with E-state index in [-0.39, 0.29) is 5.91 Å². The normalized spacial score (nSPS) is 15.7. The van der Waals surface area contributed by atoms with Crippen LogP contribution in [-0.2, 0) is 17.8 Å². The molecule has 0 atom stereocenters. The molecule has 0 N–H and O–H groups in total. The van der Waals surface area contributed by atoms with E-state index in [1.807, 2.05) is 48.7 Å². The third-order valence-electron chi connectivity index (χ3n) is 5.30. The van der Waals surface area contributed by atoms with Crippen molar-refractivity contribution < 1.29 is 14.3 Å². The minimum atomic E-state index is -0.0211. The molecule has 1 fully saturated rings. The minimum Gasteiger partial charge on any atom is -0.457 e. The first-order valence-corrected chi connectivity index (χ1v) is 10.1. The van der Waals surface area contributed by atoms with E-state index in [1.165, 1.54) is 0 Å². The summed E-state index contributed by atoms with van der Waals surface area (Å²) in [5.74, 6) is 2.16. The van der Waals surface area contributed by atoms with Crippen molar-refractivity contribution in [1.29, 1.82) is 0 Å². The van der Waals surface area contributed by atoms with Crippen LogP contribution in [0.3, 0.4) is 0 Å². The Morgan fingerprint density at radius 2 is 1.67 bits per heavy atom. The van der Waals surface area contributed by atoms with Gasteiger partial charge >= 0.3 is 0 Å². The first kappa shape index (κ1) is 18.6. The van der Waals surface area contributed by atoms with Crippen molar-refractivity contribution in [2.24, 2.45) is 0 Å². The Balaban J connectivity index is 1.26. The van der Waals surface area contributed by atoms with Crippen LogP contribution in [0.15, 0.2) is 60.8 Å². The summed E-state index contributed by atoms with van der Waals surface area (Å²) >= 11 is 0. The molecule has 0 radical (unpaired) electrons. The second-order valence-electron chi connectivity index (χ2n) is 7.34. The monoisotopic (exact) mass is 402 g/mol. The number of para-hydroxylation sites is 1. The number of benzene rings is 2. The minimum absolute atomic E-state index is 0.0211. The lowest BCUT2D eigenvalue weighted by Gasteiger charge is -2.26. The Morgan fingerprint density at radius 1 is 0.933 bits per heavy atom. The highest BCUT2D eigenvalue weighted by molar-refractivity contribution is 5.94. The molecule has 0 saturated carbocycles. The number of anilines is 1. The topological polar surface area (TPSA) is 67.8 Å². The Hall–Kier alpha value is -3.45. The van der Waals surface area contributed by atoms with E-state index in [0.717, 1.165) is 30.1 Å². The fourth-order valence-corrected chi connectivity index (χ4v) is 3.67. The van der Waals surface area contributed by atoms with Crippen LogP contribution in [0.5, 0.6) is 11.5 Å². The van der Waals surface area contributed by atoms with E-state index >= 15 is 0 Å². The third kappa shape index (κ3) is 3.84. The maximum atomic E-state index is 13.0. The van der Waals surface area contributed by atoms with Crippen LogP contribution in [0.2, 0.25) is 0 Å². The maximum Gasteiger partial charge on any atom is 0.254 e. The zero-order valence-electron chi connectivity index (χ0n) is 16.5. The molecular formula is C23H22N4O3. The van der Waals surface area contributed by atoms with Crippen molar-refractivity contribution in [1.82, 2.24) is 14.9 Å². The molecule has 2 aliphatic heterocycles. The van der Waals surface area contributed by atoms with Gasteiger partial charge in [-0.15, -0.1) is 0 Å². The van der Waals surface area contributed by atoms with Crippen molar-refractivity contribution in [3.8, 4) is 11.5 Å². The second kappa shape index (κ2) is 8.12. The first-order valence-electron chi connectivity index (χ1n) is 10.1. The van der Waals surface area contributed by atoms with Crippen LogP contribution in [0.25, 0.3) is 0 Å². The SMILES string of the molecule is O=C(c1ccc(Oc2ccccc2)cc1)N1Cc2cnc(N3CCOCC3)nc2C1. The maximum absolute atomic E-state index is 13.0. The molecule has 1 saturated heterocycles. The van der Waals surface area contributed by atoms with Gasteiger partial charge in [0.15, 0.2) is 0 Å². The summed E-state index contributed by atoms with van der Waals surface area (Å²) in [6, 6.07) is 16.8. The number of hydrogen-bond donors (Lipinski definition) is 0.